The number of halogens is 1. The number of aromatic nitrogens is 2. The molecule has 0 saturated heterocycles. The van der Waals surface area contributed by atoms with Gasteiger partial charge in [0.05, 0.1) is 32.9 Å². The average molecular weight is 807 g/mol. The number of hydrogen-bond donors (Lipinski definition) is 0. The SMILES string of the molecule is CCCCCCCCn1c(=O)c2cc3c(=O)n(-c4ccc(-c5ccc(N6C(=O)c7ccc8c9c(ccc(c79)C6=O)C(=O)N(Cl)C8=O)c(C)c5)cc4C)c(=O)c3cc2c1=O. The zero-order valence-corrected chi connectivity index (χ0v) is 33.1. The summed E-state index contributed by atoms with van der Waals surface area (Å²) in [6.45, 7) is 5.96. The Bertz CT molecular complexity index is 3130. The Morgan fingerprint density at radius 3 is 1.37 bits per heavy atom. The maximum atomic E-state index is 14.0. The molecule has 0 saturated carbocycles. The summed E-state index contributed by atoms with van der Waals surface area (Å²) in [6.07, 6.45) is 6.00. The lowest BCUT2D eigenvalue weighted by molar-refractivity contribution is 0.0725. The van der Waals surface area contributed by atoms with E-state index in [0.717, 1.165) is 52.7 Å². The van der Waals surface area contributed by atoms with Gasteiger partial charge in [0, 0.05) is 51.3 Å². The lowest BCUT2D eigenvalue weighted by Gasteiger charge is -2.31. The summed E-state index contributed by atoms with van der Waals surface area (Å²) >= 11 is 5.96. The Morgan fingerprint density at radius 1 is 0.475 bits per heavy atom. The molecule has 4 amide bonds. The topological polar surface area (TPSA) is 153 Å². The lowest BCUT2D eigenvalue weighted by Crippen LogP contribution is -2.42. The third kappa shape index (κ3) is 5.57. The molecule has 294 valence electrons. The highest BCUT2D eigenvalue weighted by atomic mass is 35.5. The monoisotopic (exact) mass is 806 g/mol. The fraction of sp³-hybridized carbons (Fsp3) is 0.217. The quantitative estimate of drug-likeness (QED) is 0.0796. The van der Waals surface area contributed by atoms with Gasteiger partial charge < -0.3 is 0 Å². The largest absolute Gasteiger partial charge is 0.276 e. The van der Waals surface area contributed by atoms with Crippen LogP contribution < -0.4 is 27.1 Å². The van der Waals surface area contributed by atoms with E-state index in [1.54, 1.807) is 38.1 Å². The van der Waals surface area contributed by atoms with Gasteiger partial charge in [0.15, 0.2) is 0 Å². The van der Waals surface area contributed by atoms with Crippen molar-refractivity contribution in [3.05, 3.63) is 148 Å². The van der Waals surface area contributed by atoms with E-state index >= 15 is 0 Å². The highest BCUT2D eigenvalue weighted by Crippen LogP contribution is 2.40. The van der Waals surface area contributed by atoms with Crippen molar-refractivity contribution >= 4 is 73.4 Å². The van der Waals surface area contributed by atoms with Crippen LogP contribution in [0.15, 0.2) is 92.0 Å². The first kappa shape index (κ1) is 37.8. The van der Waals surface area contributed by atoms with E-state index < -0.39 is 45.9 Å². The first-order valence-corrected chi connectivity index (χ1v) is 19.9. The Kier molecular flexibility index (Phi) is 8.93. The molecule has 7 aromatic rings. The summed E-state index contributed by atoms with van der Waals surface area (Å²) in [5, 5.41) is 0.848. The minimum atomic E-state index is -0.739. The van der Waals surface area contributed by atoms with Crippen LogP contribution in [0, 0.1) is 13.8 Å². The van der Waals surface area contributed by atoms with Gasteiger partial charge in [-0.3, -0.25) is 42.9 Å². The number of imide groups is 2. The summed E-state index contributed by atoms with van der Waals surface area (Å²) in [4.78, 5) is 109. The molecule has 4 heterocycles. The molecule has 12 nitrogen and oxygen atoms in total. The van der Waals surface area contributed by atoms with Gasteiger partial charge in [0.1, 0.15) is 0 Å². The summed E-state index contributed by atoms with van der Waals surface area (Å²) < 4.78 is 2.76. The number of hydrogen-bond acceptors (Lipinski definition) is 8. The van der Waals surface area contributed by atoms with E-state index in [9.17, 15) is 38.4 Å². The van der Waals surface area contributed by atoms with Crippen LogP contribution in [0.5, 0.6) is 0 Å². The Labute approximate surface area is 340 Å². The van der Waals surface area contributed by atoms with Crippen LogP contribution in [-0.4, -0.2) is 37.2 Å². The van der Waals surface area contributed by atoms with Crippen LogP contribution in [0.2, 0.25) is 0 Å². The molecule has 9 rings (SSSR count). The zero-order valence-electron chi connectivity index (χ0n) is 32.3. The number of aryl methyl sites for hydroxylation is 2. The van der Waals surface area contributed by atoms with Crippen molar-refractivity contribution in [2.24, 2.45) is 0 Å². The lowest BCUT2D eigenvalue weighted by atomic mass is 9.86. The molecule has 5 aromatic carbocycles. The van der Waals surface area contributed by atoms with Gasteiger partial charge in [-0.1, -0.05) is 51.2 Å². The number of anilines is 1. The standard InChI is InChI=1S/C46H35ClN4O8/c1-4-5-6-7-8-9-18-48-39(52)31-21-33-34(22-32(31)40(48)53)44(57)50(43(33)56)36-17-11-26(20-24(36)3)25-10-16-35(23(2)19-25)49-41(54)27-12-14-29-38-30(46(59)51(47)45(29)58)15-13-28(37(27)38)42(49)55/h10-17,19-22H,4-9,18H2,1-3H3. The van der Waals surface area contributed by atoms with Crippen molar-refractivity contribution in [1.82, 2.24) is 13.6 Å². The fourth-order valence-corrected chi connectivity index (χ4v) is 8.91. The van der Waals surface area contributed by atoms with Crippen molar-refractivity contribution in [2.45, 2.75) is 65.8 Å². The maximum Gasteiger partial charge on any atom is 0.276 e. The molecule has 0 N–H and O–H groups in total. The van der Waals surface area contributed by atoms with Crippen molar-refractivity contribution in [3.8, 4) is 16.8 Å². The zero-order chi connectivity index (χ0) is 41.6. The van der Waals surface area contributed by atoms with Gasteiger partial charge in [-0.05, 0) is 103 Å². The molecule has 13 heteroatoms. The third-order valence-electron chi connectivity index (χ3n) is 11.8. The van der Waals surface area contributed by atoms with Crippen molar-refractivity contribution in [2.75, 3.05) is 4.90 Å². The molecule has 0 aliphatic carbocycles. The van der Waals surface area contributed by atoms with Crippen LogP contribution in [0.25, 0.3) is 49.1 Å². The minimum Gasteiger partial charge on any atom is -0.274 e. The van der Waals surface area contributed by atoms with Crippen molar-refractivity contribution in [3.63, 3.8) is 0 Å². The second-order valence-electron chi connectivity index (χ2n) is 15.3. The van der Waals surface area contributed by atoms with Crippen LogP contribution in [0.1, 0.15) is 98.0 Å². The van der Waals surface area contributed by atoms with Gasteiger partial charge in [-0.2, -0.15) is 4.42 Å². The Morgan fingerprint density at radius 2 is 0.898 bits per heavy atom. The Balaban J connectivity index is 1.02. The number of benzene rings is 5. The number of fused-ring (bicyclic) bond motifs is 2. The van der Waals surface area contributed by atoms with Gasteiger partial charge >= 0.3 is 0 Å². The molecule has 0 bridgehead atoms. The smallest absolute Gasteiger partial charge is 0.274 e. The molecular formula is C46H35ClN4O8. The molecule has 2 aliphatic heterocycles. The summed E-state index contributed by atoms with van der Waals surface area (Å²) in [5.41, 5.74) is 1.86. The highest BCUT2D eigenvalue weighted by molar-refractivity contribution is 6.43. The predicted octanol–water partition coefficient (Wildman–Crippen LogP) is 7.25. The van der Waals surface area contributed by atoms with E-state index in [0.29, 0.717) is 33.3 Å². The normalized spacial score (nSPS) is 13.9. The van der Waals surface area contributed by atoms with Crippen LogP contribution in [-0.2, 0) is 6.54 Å². The van der Waals surface area contributed by atoms with Crippen molar-refractivity contribution in [1.29, 1.82) is 0 Å². The highest BCUT2D eigenvalue weighted by Gasteiger charge is 2.40. The molecule has 2 aliphatic rings. The average Bonchev–Trinajstić information content (AvgIpc) is 3.61. The minimum absolute atomic E-state index is 0.0691. The molecule has 2 aromatic heterocycles. The van der Waals surface area contributed by atoms with Gasteiger partial charge in [-0.15, -0.1) is 0 Å². The van der Waals surface area contributed by atoms with E-state index in [2.05, 4.69) is 6.92 Å². The third-order valence-corrected chi connectivity index (χ3v) is 12.1. The second-order valence-corrected chi connectivity index (χ2v) is 15.7. The molecule has 59 heavy (non-hydrogen) atoms. The molecule has 0 unspecified atom stereocenters. The number of rotatable bonds is 10. The fourth-order valence-electron chi connectivity index (χ4n) is 8.73. The van der Waals surface area contributed by atoms with Gasteiger partial charge in [0.25, 0.3) is 45.9 Å². The van der Waals surface area contributed by atoms with Crippen LogP contribution in [0.4, 0.5) is 5.69 Å². The van der Waals surface area contributed by atoms with Crippen LogP contribution >= 0.6 is 11.8 Å². The van der Waals surface area contributed by atoms with Crippen LogP contribution in [0.3, 0.4) is 0 Å². The van der Waals surface area contributed by atoms with Gasteiger partial charge in [-0.25, -0.2) is 9.47 Å². The summed E-state index contributed by atoms with van der Waals surface area (Å²) in [6, 6.07) is 19.0. The van der Waals surface area contributed by atoms with E-state index in [-0.39, 0.29) is 61.1 Å². The number of amides is 4. The number of unbranched alkanes of at least 4 members (excludes halogenated alkanes) is 5. The number of carbonyl (C=O) groups is 4. The predicted molar refractivity (Wildman–Crippen MR) is 226 cm³/mol. The molecule has 0 atom stereocenters. The van der Waals surface area contributed by atoms with E-state index in [1.165, 1.54) is 41.0 Å². The number of carbonyl (C=O) groups excluding carboxylic acids is 4. The first-order chi connectivity index (χ1) is 28.3. The number of nitrogens with zero attached hydrogens (tertiary/aromatic N) is 4. The van der Waals surface area contributed by atoms with Crippen molar-refractivity contribution < 1.29 is 19.2 Å². The molecule has 0 fully saturated rings. The Hall–Kier alpha value is -6.79. The molecule has 0 spiro atoms. The summed E-state index contributed by atoms with van der Waals surface area (Å²) in [5.74, 6) is -2.70. The first-order valence-electron chi connectivity index (χ1n) is 19.5. The van der Waals surface area contributed by atoms with E-state index in [1.807, 2.05) is 12.1 Å². The van der Waals surface area contributed by atoms with Gasteiger partial charge in [0.2, 0.25) is 0 Å². The molecule has 0 radical (unpaired) electrons. The molecular weight excluding hydrogens is 772 g/mol. The summed E-state index contributed by atoms with van der Waals surface area (Å²) in [7, 11) is 0. The van der Waals surface area contributed by atoms with E-state index in [4.69, 9.17) is 11.8 Å². The maximum absolute atomic E-state index is 14.0. The second kappa shape index (κ2) is 13.9.